The van der Waals surface area contributed by atoms with Crippen LogP contribution < -0.4 is 10.7 Å². The fourth-order valence-electron chi connectivity index (χ4n) is 2.11. The van der Waals surface area contributed by atoms with Crippen LogP contribution >= 0.6 is 23.2 Å². The summed E-state index contributed by atoms with van der Waals surface area (Å²) in [5.41, 5.74) is 4.90. The van der Waals surface area contributed by atoms with Gasteiger partial charge in [-0.15, -0.1) is 0 Å². The number of aryl methyl sites for hydroxylation is 1. The molecule has 7 heteroatoms. The highest BCUT2D eigenvalue weighted by atomic mass is 35.5. The topological polar surface area (TPSA) is 70.6 Å². The van der Waals surface area contributed by atoms with Crippen LogP contribution in [-0.4, -0.2) is 18.0 Å². The highest BCUT2D eigenvalue weighted by molar-refractivity contribution is 6.36. The third-order valence-corrected chi connectivity index (χ3v) is 4.14. The van der Waals surface area contributed by atoms with Gasteiger partial charge in [-0.2, -0.15) is 5.10 Å². The molecule has 0 fully saturated rings. The van der Waals surface area contributed by atoms with Gasteiger partial charge in [-0.1, -0.05) is 48.3 Å². The highest BCUT2D eigenvalue weighted by Gasteiger charge is 2.07. The van der Waals surface area contributed by atoms with E-state index in [2.05, 4.69) is 22.8 Å². The summed E-state index contributed by atoms with van der Waals surface area (Å²) < 4.78 is 0. The molecule has 0 aromatic heterocycles. The number of rotatable bonds is 7. The Balaban J connectivity index is 1.75. The van der Waals surface area contributed by atoms with Crippen molar-refractivity contribution < 1.29 is 9.59 Å². The molecule has 0 aliphatic carbocycles. The summed E-state index contributed by atoms with van der Waals surface area (Å²) >= 11 is 11.8. The molecular weight excluding hydrogens is 373 g/mol. The number of hydrazone groups is 1. The van der Waals surface area contributed by atoms with Gasteiger partial charge in [0.2, 0.25) is 11.8 Å². The zero-order valence-electron chi connectivity index (χ0n) is 14.3. The molecule has 2 rings (SSSR count). The average molecular weight is 392 g/mol. The number of carbonyl (C=O) groups is 2. The minimum absolute atomic E-state index is 0.0323. The summed E-state index contributed by atoms with van der Waals surface area (Å²) in [5.74, 6) is -0.586. The van der Waals surface area contributed by atoms with Crippen molar-refractivity contribution in [2.24, 2.45) is 5.10 Å². The molecule has 0 bridgehead atoms. The van der Waals surface area contributed by atoms with Gasteiger partial charge in [-0.25, -0.2) is 5.43 Å². The van der Waals surface area contributed by atoms with E-state index in [9.17, 15) is 9.59 Å². The van der Waals surface area contributed by atoms with Gasteiger partial charge >= 0.3 is 0 Å². The van der Waals surface area contributed by atoms with Gasteiger partial charge in [-0.05, 0) is 36.2 Å². The van der Waals surface area contributed by atoms with Crippen LogP contribution in [-0.2, 0) is 16.0 Å². The predicted molar refractivity (Wildman–Crippen MR) is 106 cm³/mol. The number of benzene rings is 2. The Hall–Kier alpha value is -2.37. The number of halogens is 2. The Labute approximate surface area is 162 Å². The van der Waals surface area contributed by atoms with E-state index in [1.807, 2.05) is 24.3 Å². The molecule has 2 amide bonds. The molecule has 2 N–H and O–H groups in total. The summed E-state index contributed by atoms with van der Waals surface area (Å²) in [4.78, 5) is 23.6. The maximum Gasteiger partial charge on any atom is 0.240 e. The standard InChI is InChI=1S/C19H19Cl2N3O2/c1-2-13-3-7-16(8-4-13)23-18(25)9-10-19(26)24-22-12-14-5-6-15(20)11-17(14)21/h3-8,11-12H,2,9-10H2,1H3,(H,23,25)(H,24,26)/b22-12-. The largest absolute Gasteiger partial charge is 0.326 e. The highest BCUT2D eigenvalue weighted by Crippen LogP contribution is 2.19. The molecule has 136 valence electrons. The van der Waals surface area contributed by atoms with E-state index in [0.29, 0.717) is 21.3 Å². The van der Waals surface area contributed by atoms with Crippen molar-refractivity contribution in [1.82, 2.24) is 5.43 Å². The summed E-state index contributed by atoms with van der Waals surface area (Å²) in [7, 11) is 0. The molecule has 0 spiro atoms. The van der Waals surface area contributed by atoms with E-state index in [4.69, 9.17) is 23.2 Å². The minimum Gasteiger partial charge on any atom is -0.326 e. The van der Waals surface area contributed by atoms with Crippen molar-refractivity contribution >= 4 is 46.9 Å². The zero-order valence-corrected chi connectivity index (χ0v) is 15.8. The van der Waals surface area contributed by atoms with E-state index < -0.39 is 0 Å². The van der Waals surface area contributed by atoms with Crippen molar-refractivity contribution in [2.45, 2.75) is 26.2 Å². The van der Waals surface area contributed by atoms with Crippen LogP contribution in [0.25, 0.3) is 0 Å². The molecule has 0 saturated carbocycles. The van der Waals surface area contributed by atoms with E-state index >= 15 is 0 Å². The Morgan fingerprint density at radius 1 is 1.04 bits per heavy atom. The number of nitrogens with one attached hydrogen (secondary N) is 2. The third-order valence-electron chi connectivity index (χ3n) is 3.58. The van der Waals surface area contributed by atoms with Crippen LogP contribution in [0, 0.1) is 0 Å². The molecule has 0 aliphatic rings. The monoisotopic (exact) mass is 391 g/mol. The van der Waals surface area contributed by atoms with E-state index in [-0.39, 0.29) is 24.7 Å². The number of hydrogen-bond donors (Lipinski definition) is 2. The van der Waals surface area contributed by atoms with Crippen molar-refractivity contribution in [3.05, 3.63) is 63.6 Å². The van der Waals surface area contributed by atoms with Gasteiger partial charge < -0.3 is 5.32 Å². The molecule has 26 heavy (non-hydrogen) atoms. The smallest absolute Gasteiger partial charge is 0.240 e. The van der Waals surface area contributed by atoms with Crippen LogP contribution in [0.1, 0.15) is 30.9 Å². The molecule has 0 atom stereocenters. The van der Waals surface area contributed by atoms with Crippen LogP contribution in [0.4, 0.5) is 5.69 Å². The molecule has 2 aromatic rings. The Morgan fingerprint density at radius 2 is 1.73 bits per heavy atom. The first kappa shape index (κ1) is 19.9. The van der Waals surface area contributed by atoms with Crippen molar-refractivity contribution in [2.75, 3.05) is 5.32 Å². The Bertz CT molecular complexity index is 805. The fourth-order valence-corrected chi connectivity index (χ4v) is 2.57. The quantitative estimate of drug-likeness (QED) is 0.541. The molecule has 2 aromatic carbocycles. The number of anilines is 1. The van der Waals surface area contributed by atoms with Gasteiger partial charge in [0.1, 0.15) is 0 Å². The first-order valence-electron chi connectivity index (χ1n) is 8.13. The second-order valence-corrected chi connectivity index (χ2v) is 6.40. The minimum atomic E-state index is -0.359. The second kappa shape index (κ2) is 9.94. The lowest BCUT2D eigenvalue weighted by molar-refractivity contribution is -0.124. The third kappa shape index (κ3) is 6.50. The van der Waals surface area contributed by atoms with Gasteiger partial charge in [0.05, 0.1) is 11.2 Å². The van der Waals surface area contributed by atoms with E-state index in [1.165, 1.54) is 11.8 Å². The summed E-state index contributed by atoms with van der Waals surface area (Å²) in [5, 5.41) is 7.54. The van der Waals surface area contributed by atoms with Crippen LogP contribution in [0.5, 0.6) is 0 Å². The average Bonchev–Trinajstić information content (AvgIpc) is 2.62. The molecule has 0 radical (unpaired) electrons. The van der Waals surface area contributed by atoms with Gasteiger partial charge in [0.15, 0.2) is 0 Å². The van der Waals surface area contributed by atoms with Gasteiger partial charge in [0.25, 0.3) is 0 Å². The maximum absolute atomic E-state index is 11.9. The van der Waals surface area contributed by atoms with Crippen molar-refractivity contribution in [3.8, 4) is 0 Å². The fraction of sp³-hybridized carbons (Fsp3) is 0.211. The molecule has 0 unspecified atom stereocenters. The number of nitrogens with zero attached hydrogens (tertiary/aromatic N) is 1. The van der Waals surface area contributed by atoms with Crippen LogP contribution in [0.3, 0.4) is 0 Å². The summed E-state index contributed by atoms with van der Waals surface area (Å²) in [6.07, 6.45) is 2.46. The SMILES string of the molecule is CCc1ccc(NC(=O)CCC(=O)N/N=C\c2ccc(Cl)cc2Cl)cc1. The first-order chi connectivity index (χ1) is 12.5. The second-order valence-electron chi connectivity index (χ2n) is 5.56. The molecular formula is C19H19Cl2N3O2. The zero-order chi connectivity index (χ0) is 18.9. The predicted octanol–water partition coefficient (Wildman–Crippen LogP) is 4.42. The van der Waals surface area contributed by atoms with E-state index in [0.717, 1.165) is 6.42 Å². The maximum atomic E-state index is 11.9. The first-order valence-corrected chi connectivity index (χ1v) is 8.89. The number of hydrogen-bond acceptors (Lipinski definition) is 3. The molecule has 5 nitrogen and oxygen atoms in total. The summed E-state index contributed by atoms with van der Waals surface area (Å²) in [6.45, 7) is 2.07. The van der Waals surface area contributed by atoms with Crippen molar-refractivity contribution in [1.29, 1.82) is 0 Å². The lowest BCUT2D eigenvalue weighted by Crippen LogP contribution is -2.20. The van der Waals surface area contributed by atoms with Gasteiger partial charge in [0, 0.05) is 29.1 Å². The van der Waals surface area contributed by atoms with Gasteiger partial charge in [-0.3, -0.25) is 9.59 Å². The summed E-state index contributed by atoms with van der Waals surface area (Å²) in [6, 6.07) is 12.6. The molecule has 0 aliphatic heterocycles. The lowest BCUT2D eigenvalue weighted by atomic mass is 10.1. The van der Waals surface area contributed by atoms with Crippen LogP contribution in [0.2, 0.25) is 10.0 Å². The van der Waals surface area contributed by atoms with Crippen molar-refractivity contribution in [3.63, 3.8) is 0 Å². The Morgan fingerprint density at radius 3 is 2.38 bits per heavy atom. The van der Waals surface area contributed by atoms with Crippen LogP contribution in [0.15, 0.2) is 47.6 Å². The Kier molecular flexibility index (Phi) is 7.63. The van der Waals surface area contributed by atoms with E-state index in [1.54, 1.807) is 18.2 Å². The number of carbonyl (C=O) groups excluding carboxylic acids is 2. The molecule has 0 heterocycles. The number of amides is 2. The molecule has 0 saturated heterocycles. The normalized spacial score (nSPS) is 10.7. The lowest BCUT2D eigenvalue weighted by Gasteiger charge is -2.05.